The fraction of sp³-hybridized carbons (Fsp3) is 0.875. The average Bonchev–Trinajstić information content (AvgIpc) is 2.16. The molecule has 0 spiro atoms. The van der Waals surface area contributed by atoms with Crippen molar-refractivity contribution in [3.8, 4) is 0 Å². The van der Waals surface area contributed by atoms with Crippen molar-refractivity contribution < 1.29 is 4.74 Å². The smallest absolute Gasteiger partial charge is 0.219 e. The Morgan fingerprint density at radius 3 is 3.17 bits per heavy atom. The Hall–Kier alpha value is 0.200. The molecule has 0 bridgehead atoms. The summed E-state index contributed by atoms with van der Waals surface area (Å²) in [7, 11) is 0. The topological polar surface area (TPSA) is 21.3 Å². The van der Waals surface area contributed by atoms with Crippen LogP contribution in [0.5, 0.6) is 0 Å². The van der Waals surface area contributed by atoms with Gasteiger partial charge in [0.2, 0.25) is 4.38 Å². The Balaban J connectivity index is 2.09. The summed E-state index contributed by atoms with van der Waals surface area (Å²) in [4.78, 5) is 0. The monoisotopic (exact) mass is 205 g/mol. The Morgan fingerprint density at radius 2 is 2.58 bits per heavy atom. The van der Waals surface area contributed by atoms with Crippen molar-refractivity contribution in [1.82, 2.24) is 5.32 Å². The molecule has 0 aromatic rings. The van der Waals surface area contributed by atoms with Crippen LogP contribution in [0, 0.1) is 5.92 Å². The molecule has 0 saturated carbocycles. The van der Waals surface area contributed by atoms with Crippen LogP contribution in [-0.2, 0) is 4.74 Å². The van der Waals surface area contributed by atoms with E-state index in [1.54, 1.807) is 0 Å². The lowest BCUT2D eigenvalue weighted by Crippen LogP contribution is -2.32. The SMILES string of the molecule is CSC(=S)OC[C@H]1CCCNC1. The molecule has 1 N–H and O–H groups in total. The van der Waals surface area contributed by atoms with E-state index in [4.69, 9.17) is 17.0 Å². The Morgan fingerprint density at radius 1 is 1.75 bits per heavy atom. The maximum Gasteiger partial charge on any atom is 0.219 e. The lowest BCUT2D eigenvalue weighted by Gasteiger charge is -2.22. The van der Waals surface area contributed by atoms with Crippen LogP contribution in [0.15, 0.2) is 0 Å². The van der Waals surface area contributed by atoms with E-state index < -0.39 is 0 Å². The summed E-state index contributed by atoms with van der Waals surface area (Å²) < 4.78 is 6.05. The zero-order valence-electron chi connectivity index (χ0n) is 7.34. The molecule has 0 aromatic heterocycles. The van der Waals surface area contributed by atoms with Crippen molar-refractivity contribution in [1.29, 1.82) is 0 Å². The number of rotatable bonds is 2. The zero-order valence-corrected chi connectivity index (χ0v) is 8.97. The Labute approximate surface area is 83.4 Å². The largest absolute Gasteiger partial charge is 0.478 e. The van der Waals surface area contributed by atoms with Crippen LogP contribution in [0.4, 0.5) is 0 Å². The van der Waals surface area contributed by atoms with Crippen LogP contribution in [0.3, 0.4) is 0 Å². The first-order valence-corrected chi connectivity index (χ1v) is 5.87. The number of thiocarbonyl (C=S) groups is 1. The molecule has 1 rings (SSSR count). The number of piperidine rings is 1. The van der Waals surface area contributed by atoms with Crippen molar-refractivity contribution in [2.75, 3.05) is 26.0 Å². The summed E-state index contributed by atoms with van der Waals surface area (Å²) in [6.07, 6.45) is 4.48. The van der Waals surface area contributed by atoms with Gasteiger partial charge in [0.1, 0.15) is 0 Å². The van der Waals surface area contributed by atoms with E-state index in [0.29, 0.717) is 10.3 Å². The third kappa shape index (κ3) is 3.74. The van der Waals surface area contributed by atoms with Crippen molar-refractivity contribution in [3.63, 3.8) is 0 Å². The molecule has 1 aliphatic heterocycles. The molecule has 0 aromatic carbocycles. The van der Waals surface area contributed by atoms with Crippen molar-refractivity contribution in [2.45, 2.75) is 12.8 Å². The second-order valence-corrected chi connectivity index (χ2v) is 4.39. The first kappa shape index (κ1) is 10.3. The summed E-state index contributed by atoms with van der Waals surface area (Å²) in [5, 5.41) is 3.35. The van der Waals surface area contributed by atoms with Gasteiger partial charge in [-0.2, -0.15) is 0 Å². The minimum Gasteiger partial charge on any atom is -0.478 e. The molecular weight excluding hydrogens is 190 g/mol. The molecule has 1 heterocycles. The Kier molecular flexibility index (Phi) is 4.95. The molecule has 0 aliphatic carbocycles. The number of thioether (sulfide) groups is 1. The molecule has 1 fully saturated rings. The van der Waals surface area contributed by atoms with Crippen LogP contribution in [-0.4, -0.2) is 30.3 Å². The maximum absolute atomic E-state index is 5.39. The predicted molar refractivity (Wildman–Crippen MR) is 57.7 cm³/mol. The van der Waals surface area contributed by atoms with E-state index in [0.717, 1.165) is 19.7 Å². The summed E-state index contributed by atoms with van der Waals surface area (Å²) in [6.45, 7) is 3.02. The van der Waals surface area contributed by atoms with Crippen LogP contribution >= 0.6 is 24.0 Å². The third-order valence-corrected chi connectivity index (χ3v) is 3.07. The van der Waals surface area contributed by atoms with Crippen molar-refractivity contribution in [2.24, 2.45) is 5.92 Å². The molecule has 1 aliphatic rings. The van der Waals surface area contributed by atoms with Crippen LogP contribution < -0.4 is 5.32 Å². The van der Waals surface area contributed by atoms with E-state index in [9.17, 15) is 0 Å². The molecule has 70 valence electrons. The summed E-state index contributed by atoms with van der Waals surface area (Å²) >= 11 is 6.45. The van der Waals surface area contributed by atoms with Gasteiger partial charge in [0, 0.05) is 12.5 Å². The van der Waals surface area contributed by atoms with Gasteiger partial charge < -0.3 is 10.1 Å². The quantitative estimate of drug-likeness (QED) is 0.692. The molecule has 4 heteroatoms. The second-order valence-electron chi connectivity index (χ2n) is 2.98. The van der Waals surface area contributed by atoms with Crippen LogP contribution in [0.25, 0.3) is 0 Å². The number of hydrogen-bond acceptors (Lipinski definition) is 4. The highest BCUT2D eigenvalue weighted by Crippen LogP contribution is 2.11. The van der Waals surface area contributed by atoms with Gasteiger partial charge >= 0.3 is 0 Å². The lowest BCUT2D eigenvalue weighted by atomic mass is 10.0. The average molecular weight is 205 g/mol. The van der Waals surface area contributed by atoms with Crippen molar-refractivity contribution in [3.05, 3.63) is 0 Å². The summed E-state index contributed by atoms with van der Waals surface area (Å²) in [5.74, 6) is 0.656. The molecule has 0 amide bonds. The Bertz CT molecular complexity index is 146. The van der Waals surface area contributed by atoms with Gasteiger partial charge in [-0.3, -0.25) is 0 Å². The zero-order chi connectivity index (χ0) is 8.81. The van der Waals surface area contributed by atoms with E-state index in [1.807, 2.05) is 6.26 Å². The van der Waals surface area contributed by atoms with Gasteiger partial charge in [-0.05, 0) is 37.9 Å². The molecule has 1 atom stereocenters. The summed E-state index contributed by atoms with van der Waals surface area (Å²) in [5.41, 5.74) is 0. The fourth-order valence-corrected chi connectivity index (χ4v) is 1.56. The second kappa shape index (κ2) is 5.78. The first-order chi connectivity index (χ1) is 5.83. The first-order valence-electron chi connectivity index (χ1n) is 4.24. The van der Waals surface area contributed by atoms with Gasteiger partial charge in [-0.25, -0.2) is 0 Å². The molecular formula is C8H15NOS2. The standard InChI is InChI=1S/C8H15NOS2/c1-12-8(11)10-6-7-3-2-4-9-5-7/h7,9H,2-6H2,1H3/t7-/m0/s1. The molecule has 1 saturated heterocycles. The molecule has 12 heavy (non-hydrogen) atoms. The maximum atomic E-state index is 5.39. The van der Waals surface area contributed by atoms with Gasteiger partial charge in [-0.1, -0.05) is 11.8 Å². The minimum absolute atomic E-state index is 0.656. The highest BCUT2D eigenvalue weighted by atomic mass is 32.2. The number of ether oxygens (including phenoxy) is 1. The van der Waals surface area contributed by atoms with Gasteiger partial charge in [0.05, 0.1) is 6.61 Å². The van der Waals surface area contributed by atoms with E-state index >= 15 is 0 Å². The van der Waals surface area contributed by atoms with Gasteiger partial charge in [-0.15, -0.1) is 0 Å². The molecule has 0 radical (unpaired) electrons. The predicted octanol–water partition coefficient (Wildman–Crippen LogP) is 1.65. The van der Waals surface area contributed by atoms with Crippen LogP contribution in [0.2, 0.25) is 0 Å². The molecule has 2 nitrogen and oxygen atoms in total. The third-order valence-electron chi connectivity index (χ3n) is 2.00. The summed E-state index contributed by atoms with van der Waals surface area (Å²) in [6, 6.07) is 0. The van der Waals surface area contributed by atoms with E-state index in [1.165, 1.54) is 24.6 Å². The minimum atomic E-state index is 0.656. The normalized spacial score (nSPS) is 23.6. The lowest BCUT2D eigenvalue weighted by molar-refractivity contribution is 0.218. The number of nitrogens with one attached hydrogen (secondary N) is 1. The highest BCUT2D eigenvalue weighted by molar-refractivity contribution is 8.22. The van der Waals surface area contributed by atoms with Crippen molar-refractivity contribution >= 4 is 28.4 Å². The number of hydrogen-bond donors (Lipinski definition) is 1. The molecule has 0 unspecified atom stereocenters. The highest BCUT2D eigenvalue weighted by Gasteiger charge is 2.13. The fourth-order valence-electron chi connectivity index (χ4n) is 1.31. The van der Waals surface area contributed by atoms with Gasteiger partial charge in [0.15, 0.2) is 0 Å². The van der Waals surface area contributed by atoms with Crippen LogP contribution in [0.1, 0.15) is 12.8 Å². The van der Waals surface area contributed by atoms with Gasteiger partial charge in [0.25, 0.3) is 0 Å². The van der Waals surface area contributed by atoms with E-state index in [2.05, 4.69) is 5.32 Å². The van der Waals surface area contributed by atoms with E-state index in [-0.39, 0.29) is 0 Å².